The molecular formula is C14H16ClN. The van der Waals surface area contributed by atoms with E-state index in [2.05, 4.69) is 30.7 Å². The summed E-state index contributed by atoms with van der Waals surface area (Å²) < 4.78 is 0. The first-order valence-electron chi connectivity index (χ1n) is 5.46. The summed E-state index contributed by atoms with van der Waals surface area (Å²) in [7, 11) is 0. The van der Waals surface area contributed by atoms with Crippen molar-refractivity contribution < 1.29 is 0 Å². The summed E-state index contributed by atoms with van der Waals surface area (Å²) in [5.74, 6) is 6.63. The maximum Gasteiger partial charge on any atom is 0.0997 e. The lowest BCUT2D eigenvalue weighted by atomic mass is 10.1. The fourth-order valence-electron chi connectivity index (χ4n) is 1.09. The van der Waals surface area contributed by atoms with Gasteiger partial charge in [-0.2, -0.15) is 0 Å². The van der Waals surface area contributed by atoms with Gasteiger partial charge in [-0.15, -0.1) is 0 Å². The van der Waals surface area contributed by atoms with Crippen LogP contribution in [0.5, 0.6) is 0 Å². The van der Waals surface area contributed by atoms with Crippen molar-refractivity contribution in [3.63, 3.8) is 0 Å². The van der Waals surface area contributed by atoms with Crippen LogP contribution in [0.2, 0.25) is 5.02 Å². The van der Waals surface area contributed by atoms with Crippen molar-refractivity contribution in [2.45, 2.75) is 20.3 Å². The number of aliphatic imine (C=N–C) groups is 1. The Bertz CT molecular complexity index is 412. The van der Waals surface area contributed by atoms with E-state index in [0.717, 1.165) is 17.0 Å². The third-order valence-electron chi connectivity index (χ3n) is 2.27. The van der Waals surface area contributed by atoms with Crippen LogP contribution in [0.4, 0.5) is 0 Å². The molecule has 1 aromatic rings. The Kier molecular flexibility index (Phi) is 5.67. The van der Waals surface area contributed by atoms with Crippen LogP contribution >= 0.6 is 11.6 Å². The Labute approximate surface area is 103 Å². The van der Waals surface area contributed by atoms with Crippen LogP contribution in [-0.2, 0) is 0 Å². The molecule has 1 atom stereocenters. The normalized spacial score (nSPS) is 12.2. The van der Waals surface area contributed by atoms with Gasteiger partial charge >= 0.3 is 0 Å². The lowest BCUT2D eigenvalue weighted by Crippen LogP contribution is -1.87. The molecule has 0 aliphatic carbocycles. The summed E-state index contributed by atoms with van der Waals surface area (Å²) in [4.78, 5) is 4.23. The van der Waals surface area contributed by atoms with E-state index in [9.17, 15) is 0 Å². The van der Waals surface area contributed by atoms with Gasteiger partial charge in [0.2, 0.25) is 0 Å². The quantitative estimate of drug-likeness (QED) is 0.556. The van der Waals surface area contributed by atoms with Gasteiger partial charge in [0, 0.05) is 22.7 Å². The Balaban J connectivity index is 2.49. The van der Waals surface area contributed by atoms with E-state index in [1.165, 1.54) is 0 Å². The van der Waals surface area contributed by atoms with Crippen molar-refractivity contribution >= 4 is 17.8 Å². The highest BCUT2D eigenvalue weighted by Gasteiger charge is 1.92. The van der Waals surface area contributed by atoms with Gasteiger partial charge in [-0.1, -0.05) is 55.5 Å². The lowest BCUT2D eigenvalue weighted by molar-refractivity contribution is 0.723. The second-order valence-corrected chi connectivity index (χ2v) is 4.03. The molecule has 2 heteroatoms. The molecule has 0 bridgehead atoms. The first-order valence-corrected chi connectivity index (χ1v) is 5.84. The average Bonchev–Trinajstić information content (AvgIpc) is 2.30. The predicted octanol–water partition coefficient (Wildman–Crippen LogP) is 3.81. The van der Waals surface area contributed by atoms with Crippen LogP contribution in [0.3, 0.4) is 0 Å². The first-order chi connectivity index (χ1) is 7.74. The Morgan fingerprint density at radius 3 is 2.88 bits per heavy atom. The molecule has 1 rings (SSSR count). The smallest absolute Gasteiger partial charge is 0.0997 e. The van der Waals surface area contributed by atoms with Crippen molar-refractivity contribution in [1.29, 1.82) is 0 Å². The summed E-state index contributed by atoms with van der Waals surface area (Å²) >= 11 is 5.98. The second-order valence-electron chi connectivity index (χ2n) is 3.62. The van der Waals surface area contributed by atoms with Crippen LogP contribution in [-0.4, -0.2) is 12.8 Å². The summed E-state index contributed by atoms with van der Waals surface area (Å²) in [5, 5.41) is 0.723. The fraction of sp³-hybridized carbons (Fsp3) is 0.357. The standard InChI is InChI=1S/C14H16ClN/c1-3-12(2)7-6-10-16-11-13-8-4-5-9-14(13)15/h4-5,8-9,11-12H,3,10H2,1-2H3. The first kappa shape index (κ1) is 12.8. The predicted molar refractivity (Wildman–Crippen MR) is 71.1 cm³/mol. The maximum atomic E-state index is 5.98. The van der Waals surface area contributed by atoms with E-state index in [-0.39, 0.29) is 0 Å². The van der Waals surface area contributed by atoms with Gasteiger partial charge in [0.05, 0.1) is 6.54 Å². The van der Waals surface area contributed by atoms with Gasteiger partial charge < -0.3 is 0 Å². The van der Waals surface area contributed by atoms with E-state index in [1.54, 1.807) is 6.21 Å². The summed E-state index contributed by atoms with van der Waals surface area (Å²) in [6.07, 6.45) is 2.86. The molecule has 0 spiro atoms. The zero-order valence-electron chi connectivity index (χ0n) is 9.70. The number of benzene rings is 1. The molecule has 1 nitrogen and oxygen atoms in total. The minimum atomic E-state index is 0.454. The molecule has 0 fully saturated rings. The van der Waals surface area contributed by atoms with Crippen LogP contribution in [0, 0.1) is 17.8 Å². The SMILES string of the molecule is CCC(C)C#CCN=Cc1ccccc1Cl. The monoisotopic (exact) mass is 233 g/mol. The van der Waals surface area contributed by atoms with Crippen molar-refractivity contribution in [2.75, 3.05) is 6.54 Å². The fourth-order valence-corrected chi connectivity index (χ4v) is 1.28. The van der Waals surface area contributed by atoms with Gasteiger partial charge in [-0.3, -0.25) is 4.99 Å². The van der Waals surface area contributed by atoms with Gasteiger partial charge in [-0.05, 0) is 12.5 Å². The van der Waals surface area contributed by atoms with E-state index in [4.69, 9.17) is 11.6 Å². The van der Waals surface area contributed by atoms with Crippen molar-refractivity contribution in [3.8, 4) is 11.8 Å². The third kappa shape index (κ3) is 4.51. The number of halogens is 1. The van der Waals surface area contributed by atoms with E-state index in [0.29, 0.717) is 12.5 Å². The molecule has 84 valence electrons. The summed E-state index contributed by atoms with van der Waals surface area (Å²) in [5.41, 5.74) is 0.939. The molecular weight excluding hydrogens is 218 g/mol. The number of nitrogens with zero attached hydrogens (tertiary/aromatic N) is 1. The minimum absolute atomic E-state index is 0.454. The number of hydrogen-bond donors (Lipinski definition) is 0. The van der Waals surface area contributed by atoms with E-state index >= 15 is 0 Å². The van der Waals surface area contributed by atoms with Gasteiger partial charge in [0.15, 0.2) is 0 Å². The van der Waals surface area contributed by atoms with Gasteiger partial charge in [-0.25, -0.2) is 0 Å². The van der Waals surface area contributed by atoms with Crippen LogP contribution in [0.1, 0.15) is 25.8 Å². The van der Waals surface area contributed by atoms with Crippen molar-refractivity contribution in [2.24, 2.45) is 10.9 Å². The van der Waals surface area contributed by atoms with E-state index in [1.807, 2.05) is 24.3 Å². The van der Waals surface area contributed by atoms with Gasteiger partial charge in [0.1, 0.15) is 0 Å². The maximum absolute atomic E-state index is 5.98. The van der Waals surface area contributed by atoms with Crippen LogP contribution < -0.4 is 0 Å². The molecule has 0 saturated carbocycles. The summed E-state index contributed by atoms with van der Waals surface area (Å²) in [6.45, 7) is 4.78. The molecule has 1 aromatic carbocycles. The van der Waals surface area contributed by atoms with Crippen molar-refractivity contribution in [3.05, 3.63) is 34.9 Å². The van der Waals surface area contributed by atoms with Crippen molar-refractivity contribution in [1.82, 2.24) is 0 Å². The molecule has 0 aromatic heterocycles. The molecule has 0 radical (unpaired) electrons. The van der Waals surface area contributed by atoms with Gasteiger partial charge in [0.25, 0.3) is 0 Å². The zero-order chi connectivity index (χ0) is 11.8. The molecule has 0 saturated heterocycles. The average molecular weight is 234 g/mol. The number of rotatable bonds is 3. The third-order valence-corrected chi connectivity index (χ3v) is 2.61. The molecule has 0 heterocycles. The van der Waals surface area contributed by atoms with Crippen LogP contribution in [0.25, 0.3) is 0 Å². The highest BCUT2D eigenvalue weighted by atomic mass is 35.5. The van der Waals surface area contributed by atoms with Crippen LogP contribution in [0.15, 0.2) is 29.3 Å². The highest BCUT2D eigenvalue weighted by Crippen LogP contribution is 2.12. The molecule has 0 aliphatic heterocycles. The Morgan fingerprint density at radius 2 is 2.19 bits per heavy atom. The highest BCUT2D eigenvalue weighted by molar-refractivity contribution is 6.33. The second kappa shape index (κ2) is 7.09. The lowest BCUT2D eigenvalue weighted by Gasteiger charge is -1.95. The summed E-state index contributed by atoms with van der Waals surface area (Å²) in [6, 6.07) is 7.64. The molecule has 0 N–H and O–H groups in total. The minimum Gasteiger partial charge on any atom is -0.280 e. The Morgan fingerprint density at radius 1 is 1.44 bits per heavy atom. The zero-order valence-corrected chi connectivity index (χ0v) is 10.5. The largest absolute Gasteiger partial charge is 0.280 e. The van der Waals surface area contributed by atoms with E-state index < -0.39 is 0 Å². The molecule has 16 heavy (non-hydrogen) atoms. The topological polar surface area (TPSA) is 12.4 Å². The Hall–Kier alpha value is -1.26. The molecule has 1 unspecified atom stereocenters. The number of hydrogen-bond acceptors (Lipinski definition) is 1. The molecule has 0 amide bonds. The molecule has 0 aliphatic rings.